The minimum atomic E-state index is -3.97. The van der Waals surface area contributed by atoms with E-state index in [0.29, 0.717) is 30.7 Å². The highest BCUT2D eigenvalue weighted by atomic mass is 32.2. The molecule has 0 fully saturated rings. The molecule has 1 atom stereocenters. The number of anilines is 2. The molecule has 0 amide bonds. The molecule has 0 radical (unpaired) electrons. The molecule has 1 aliphatic rings. The quantitative estimate of drug-likeness (QED) is 0.353. The zero-order valence-electron chi connectivity index (χ0n) is 21.6. The van der Waals surface area contributed by atoms with E-state index in [4.69, 9.17) is 15.9 Å². The molecule has 4 N–H and O–H groups in total. The van der Waals surface area contributed by atoms with Gasteiger partial charge in [0.15, 0.2) is 5.82 Å². The van der Waals surface area contributed by atoms with Crippen LogP contribution in [0.15, 0.2) is 48.5 Å². The highest BCUT2D eigenvalue weighted by molar-refractivity contribution is 7.90. The molecule has 2 aromatic heterocycles. The summed E-state index contributed by atoms with van der Waals surface area (Å²) in [5.41, 5.74) is 11.3. The van der Waals surface area contributed by atoms with Gasteiger partial charge in [0.2, 0.25) is 10.0 Å². The van der Waals surface area contributed by atoms with Crippen molar-refractivity contribution in [2.45, 2.75) is 50.3 Å². The minimum Gasteiger partial charge on any atom is -0.382 e. The Morgan fingerprint density at radius 3 is 2.62 bits per heavy atom. The lowest BCUT2D eigenvalue weighted by atomic mass is 9.83. The number of benzene rings is 2. The van der Waals surface area contributed by atoms with Crippen LogP contribution in [0.3, 0.4) is 0 Å². The van der Waals surface area contributed by atoms with Crippen LogP contribution < -0.4 is 15.8 Å². The molecule has 0 saturated carbocycles. The number of hydrogen-bond acceptors (Lipinski definition) is 6. The third-order valence-electron chi connectivity index (χ3n) is 7.52. The number of para-hydroxylation sites is 1. The van der Waals surface area contributed by atoms with E-state index in [2.05, 4.69) is 16.5 Å². The predicted octanol–water partition coefficient (Wildman–Crippen LogP) is 4.57. The zero-order valence-corrected chi connectivity index (χ0v) is 22.4. The molecule has 2 heterocycles. The van der Waals surface area contributed by atoms with Crippen molar-refractivity contribution < 1.29 is 8.42 Å². The number of imidazole rings is 1. The van der Waals surface area contributed by atoms with Gasteiger partial charge in [-0.25, -0.2) is 23.5 Å². The third kappa shape index (κ3) is 4.16. The topological polar surface area (TPSA) is 120 Å². The Hall–Kier alpha value is -3.43. The molecule has 0 saturated heterocycles. The molecule has 0 bridgehead atoms. The summed E-state index contributed by atoms with van der Waals surface area (Å²) >= 11 is 0. The van der Waals surface area contributed by atoms with Gasteiger partial charge in [0, 0.05) is 43.7 Å². The summed E-state index contributed by atoms with van der Waals surface area (Å²) in [7, 11) is -0.0584. The number of primary sulfonamides is 1. The number of unbranched alkanes of at least 4 members (excludes halogenated alkanes) is 1. The number of aromatic nitrogens is 3. The van der Waals surface area contributed by atoms with E-state index in [1.54, 1.807) is 0 Å². The maximum Gasteiger partial charge on any atom is 0.219 e. The molecule has 2 aromatic carbocycles. The molecule has 9 heteroatoms. The number of nitrogens with two attached hydrogens (primary N) is 2. The molecule has 8 nitrogen and oxygen atoms in total. The predicted molar refractivity (Wildman–Crippen MR) is 152 cm³/mol. The Kier molecular flexibility index (Phi) is 6.45. The molecular formula is C28H34N6O2S. The Bertz CT molecular complexity index is 1620. The van der Waals surface area contributed by atoms with Gasteiger partial charge >= 0.3 is 0 Å². The van der Waals surface area contributed by atoms with Crippen LogP contribution in [-0.2, 0) is 27.7 Å². The van der Waals surface area contributed by atoms with E-state index in [1.165, 1.54) is 0 Å². The number of nitrogen functional groups attached to an aromatic ring is 1. The van der Waals surface area contributed by atoms with Crippen molar-refractivity contribution in [2.24, 2.45) is 5.14 Å². The van der Waals surface area contributed by atoms with Crippen molar-refractivity contribution >= 4 is 49.5 Å². The maximum atomic E-state index is 13.4. The summed E-state index contributed by atoms with van der Waals surface area (Å²) < 4.78 is 27.6. The fourth-order valence-corrected chi connectivity index (χ4v) is 6.79. The standard InChI is InChI=1S/C28H34N6O2S/c1-4-5-15-24-32-25-26(20-10-6-7-13-22(20)31-27(25)29)34(24)18-17-28(37(30,35)36)16-9-11-19-21(28)12-8-14-23(19)33(2)3/h6-14H,4-5,15-18H2,1-3H3,(H2,29,31)(H2,30,35,36). The second kappa shape index (κ2) is 9.46. The fraction of sp³-hybridized carbons (Fsp3) is 0.357. The first-order valence-electron chi connectivity index (χ1n) is 12.7. The fourth-order valence-electron chi connectivity index (χ4n) is 5.60. The largest absolute Gasteiger partial charge is 0.382 e. The maximum absolute atomic E-state index is 13.4. The summed E-state index contributed by atoms with van der Waals surface area (Å²) in [6.45, 7) is 2.57. The number of hydrogen-bond donors (Lipinski definition) is 2. The van der Waals surface area contributed by atoms with E-state index in [1.807, 2.05) is 73.6 Å². The van der Waals surface area contributed by atoms with Crippen LogP contribution in [0.25, 0.3) is 28.0 Å². The van der Waals surface area contributed by atoms with Crippen LogP contribution in [0.2, 0.25) is 0 Å². The molecule has 5 rings (SSSR count). The van der Waals surface area contributed by atoms with Gasteiger partial charge in [-0.3, -0.25) is 0 Å². The number of fused-ring (bicyclic) bond motifs is 4. The first-order chi connectivity index (χ1) is 17.7. The van der Waals surface area contributed by atoms with Crippen molar-refractivity contribution in [3.63, 3.8) is 0 Å². The van der Waals surface area contributed by atoms with Crippen LogP contribution in [0.5, 0.6) is 0 Å². The van der Waals surface area contributed by atoms with Crippen LogP contribution in [0, 0.1) is 0 Å². The van der Waals surface area contributed by atoms with Crippen molar-refractivity contribution in [3.8, 4) is 0 Å². The van der Waals surface area contributed by atoms with Gasteiger partial charge in [-0.05, 0) is 37.0 Å². The van der Waals surface area contributed by atoms with Gasteiger partial charge in [0.25, 0.3) is 0 Å². The lowest BCUT2D eigenvalue weighted by molar-refractivity contribution is 0.458. The summed E-state index contributed by atoms with van der Waals surface area (Å²) in [5.74, 6) is 1.27. The molecule has 0 spiro atoms. The van der Waals surface area contributed by atoms with Crippen LogP contribution >= 0.6 is 0 Å². The van der Waals surface area contributed by atoms with E-state index in [9.17, 15) is 8.42 Å². The van der Waals surface area contributed by atoms with Crippen molar-refractivity contribution in [1.29, 1.82) is 0 Å². The monoisotopic (exact) mass is 518 g/mol. The number of sulfonamides is 1. The molecule has 1 aliphatic carbocycles. The Balaban J connectivity index is 1.69. The van der Waals surface area contributed by atoms with Crippen LogP contribution in [-0.4, -0.2) is 37.0 Å². The molecule has 194 valence electrons. The number of aryl methyl sites for hydroxylation is 2. The number of nitrogens with zero attached hydrogens (tertiary/aromatic N) is 4. The van der Waals surface area contributed by atoms with Crippen molar-refractivity contribution in [1.82, 2.24) is 14.5 Å². The number of rotatable bonds is 8. The minimum absolute atomic E-state index is 0.307. The summed E-state index contributed by atoms with van der Waals surface area (Å²) in [4.78, 5) is 11.5. The Morgan fingerprint density at radius 2 is 1.89 bits per heavy atom. The second-order valence-corrected chi connectivity index (χ2v) is 11.9. The molecule has 4 aromatic rings. The highest BCUT2D eigenvalue weighted by Crippen LogP contribution is 2.45. The normalized spacial score (nSPS) is 17.4. The van der Waals surface area contributed by atoms with Gasteiger partial charge in [0.05, 0.1) is 11.0 Å². The van der Waals surface area contributed by atoms with Crippen molar-refractivity contribution in [2.75, 3.05) is 24.7 Å². The first kappa shape index (κ1) is 25.2. The zero-order chi connectivity index (χ0) is 26.4. The molecular weight excluding hydrogens is 484 g/mol. The summed E-state index contributed by atoms with van der Waals surface area (Å²) in [5, 5.41) is 6.99. The Morgan fingerprint density at radius 1 is 1.11 bits per heavy atom. The van der Waals surface area contributed by atoms with Gasteiger partial charge in [0.1, 0.15) is 16.1 Å². The molecule has 0 aliphatic heterocycles. The van der Waals surface area contributed by atoms with E-state index in [0.717, 1.165) is 58.3 Å². The summed E-state index contributed by atoms with van der Waals surface area (Å²) in [6, 6.07) is 13.7. The van der Waals surface area contributed by atoms with Gasteiger partial charge in [-0.15, -0.1) is 0 Å². The van der Waals surface area contributed by atoms with E-state index >= 15 is 0 Å². The highest BCUT2D eigenvalue weighted by Gasteiger charge is 2.45. The van der Waals surface area contributed by atoms with E-state index < -0.39 is 14.8 Å². The Labute approximate surface area is 218 Å². The summed E-state index contributed by atoms with van der Waals surface area (Å²) in [6.07, 6.45) is 7.31. The van der Waals surface area contributed by atoms with Crippen LogP contribution in [0.4, 0.5) is 11.5 Å². The first-order valence-corrected chi connectivity index (χ1v) is 14.3. The third-order valence-corrected chi connectivity index (χ3v) is 9.19. The average molecular weight is 519 g/mol. The lowest BCUT2D eigenvalue weighted by Crippen LogP contribution is -2.43. The van der Waals surface area contributed by atoms with Crippen molar-refractivity contribution in [3.05, 3.63) is 65.5 Å². The lowest BCUT2D eigenvalue weighted by Gasteiger charge is -2.36. The average Bonchev–Trinajstić information content (AvgIpc) is 3.24. The SMILES string of the molecule is CCCCc1nc2c(N)nc3ccccc3c2n1CCC1(S(N)(=O)=O)CC=Cc2c(N(C)C)cccc21. The van der Waals surface area contributed by atoms with E-state index in [-0.39, 0.29) is 0 Å². The van der Waals surface area contributed by atoms with Gasteiger partial charge < -0.3 is 15.2 Å². The smallest absolute Gasteiger partial charge is 0.219 e. The number of allylic oxidation sites excluding steroid dienone is 1. The van der Waals surface area contributed by atoms with Gasteiger partial charge in [-0.1, -0.05) is 55.8 Å². The van der Waals surface area contributed by atoms with Crippen LogP contribution in [0.1, 0.15) is 49.6 Å². The molecule has 1 unspecified atom stereocenters. The second-order valence-electron chi connectivity index (χ2n) is 10.0. The number of pyridine rings is 1. The van der Waals surface area contributed by atoms with Gasteiger partial charge in [-0.2, -0.15) is 0 Å². The molecule has 37 heavy (non-hydrogen) atoms.